The van der Waals surface area contributed by atoms with Crippen LogP contribution in [0.15, 0.2) is 107 Å². The van der Waals surface area contributed by atoms with Crippen molar-refractivity contribution in [2.45, 2.75) is 178 Å². The molecule has 0 aliphatic carbocycles. The van der Waals surface area contributed by atoms with Gasteiger partial charge in [0, 0.05) is 6.42 Å². The lowest BCUT2D eigenvalue weighted by Gasteiger charge is -2.16. The molecular formula is C47H76O4. The van der Waals surface area contributed by atoms with Gasteiger partial charge in [-0.15, -0.1) is 6.58 Å². The largest absolute Gasteiger partial charge is 0.431 e. The molecule has 0 amide bonds. The van der Waals surface area contributed by atoms with Gasteiger partial charge in [0.25, 0.3) is 0 Å². The Labute approximate surface area is 315 Å². The smallest absolute Gasteiger partial charge is 0.318 e. The number of rotatable bonds is 22. The van der Waals surface area contributed by atoms with Crippen LogP contribution in [0.4, 0.5) is 0 Å². The number of Topliss-reactive ketones (excluding diaryl/α,β-unsaturated/α-hetero) is 1. The highest BCUT2D eigenvalue weighted by Crippen LogP contribution is 2.17. The predicted octanol–water partition coefficient (Wildman–Crippen LogP) is 14.1. The second-order valence-corrected chi connectivity index (χ2v) is 15.0. The van der Waals surface area contributed by atoms with Crippen LogP contribution in [0.2, 0.25) is 0 Å². The van der Waals surface area contributed by atoms with E-state index in [0.717, 1.165) is 77.0 Å². The number of allylic oxidation sites excluding steroid dienone is 14. The number of esters is 1. The summed E-state index contributed by atoms with van der Waals surface area (Å²) in [6.45, 7) is 30.2. The Kier molecular flexibility index (Phi) is 29.7. The van der Waals surface area contributed by atoms with Gasteiger partial charge in [-0.05, 0) is 160 Å². The van der Waals surface area contributed by atoms with E-state index in [1.807, 2.05) is 6.92 Å². The molecule has 0 bridgehead atoms. The minimum absolute atomic E-state index is 0.167. The van der Waals surface area contributed by atoms with Crippen molar-refractivity contribution < 1.29 is 19.4 Å². The maximum atomic E-state index is 10.9. The van der Waals surface area contributed by atoms with Crippen LogP contribution in [0.3, 0.4) is 0 Å². The molecule has 4 heteroatoms. The zero-order chi connectivity index (χ0) is 39.2. The molecule has 1 rings (SSSR count). The Morgan fingerprint density at radius 1 is 0.608 bits per heavy atom. The Bertz CT molecular complexity index is 1240. The third-order valence-corrected chi connectivity index (χ3v) is 8.45. The van der Waals surface area contributed by atoms with Crippen LogP contribution in [-0.2, 0) is 14.3 Å². The van der Waals surface area contributed by atoms with Crippen molar-refractivity contribution in [1.29, 1.82) is 0 Å². The summed E-state index contributed by atoms with van der Waals surface area (Å²) in [6, 6.07) is 0. The van der Waals surface area contributed by atoms with Crippen molar-refractivity contribution >= 4 is 11.8 Å². The summed E-state index contributed by atoms with van der Waals surface area (Å²) in [6.07, 6.45) is 32.8. The van der Waals surface area contributed by atoms with Gasteiger partial charge in [-0.25, -0.2) is 0 Å². The fourth-order valence-electron chi connectivity index (χ4n) is 4.87. The first-order valence-corrected chi connectivity index (χ1v) is 19.2. The van der Waals surface area contributed by atoms with Crippen molar-refractivity contribution in [2.75, 3.05) is 0 Å². The molecule has 0 radical (unpaired) electrons. The average Bonchev–Trinajstić information content (AvgIpc) is 3.00. The van der Waals surface area contributed by atoms with Crippen LogP contribution < -0.4 is 0 Å². The molecular weight excluding hydrogens is 629 g/mol. The standard InChI is InChI=1S/C23H38O.C20H34O.C4H4O2/c1-19(2)11-7-12-20(3)13-8-14-21(4)15-9-16-22(5)17-10-18-23(6)24;1-7-20(6,21)16-10-15-19(5)14-9-13-18(4)12-8-11-17(2)3;1-3-2-4(5)6-3/h11,13,15,17H,7-10,12,14,16,18H2,1-6H3;7,11,13,15,21H,1,8-10,12,14,16H2,2-6H3;1-2H2/b20-13+,21-15+,22-17+;18-13+,19-15+;. The minimum atomic E-state index is -0.738. The number of ketones is 1. The number of aliphatic hydroxyl groups is 1. The van der Waals surface area contributed by atoms with Gasteiger partial charge in [0.15, 0.2) is 0 Å². The van der Waals surface area contributed by atoms with E-state index in [0.29, 0.717) is 18.6 Å². The number of hydrogen-bond acceptors (Lipinski definition) is 4. The summed E-state index contributed by atoms with van der Waals surface area (Å²) in [5.41, 5.74) is 9.35. The van der Waals surface area contributed by atoms with E-state index >= 15 is 0 Å². The highest BCUT2D eigenvalue weighted by molar-refractivity contribution is 5.79. The van der Waals surface area contributed by atoms with Crippen molar-refractivity contribution in [3.8, 4) is 0 Å². The number of ether oxygens (including phenoxy) is 1. The van der Waals surface area contributed by atoms with E-state index in [-0.39, 0.29) is 11.8 Å². The first kappa shape index (κ1) is 49.9. The molecule has 0 aromatic rings. The molecule has 1 aliphatic rings. The quantitative estimate of drug-likeness (QED) is 0.0900. The summed E-state index contributed by atoms with van der Waals surface area (Å²) in [5.74, 6) is 0.694. The molecule has 0 aromatic carbocycles. The molecule has 1 N–H and O–H groups in total. The van der Waals surface area contributed by atoms with Crippen LogP contribution >= 0.6 is 0 Å². The summed E-state index contributed by atoms with van der Waals surface area (Å²) in [4.78, 5) is 20.7. The highest BCUT2D eigenvalue weighted by atomic mass is 16.6. The summed E-state index contributed by atoms with van der Waals surface area (Å²) < 4.78 is 4.31. The van der Waals surface area contributed by atoms with E-state index in [9.17, 15) is 14.7 Å². The summed E-state index contributed by atoms with van der Waals surface area (Å²) >= 11 is 0. The monoisotopic (exact) mass is 705 g/mol. The molecule has 0 aromatic heterocycles. The molecule has 1 heterocycles. The van der Waals surface area contributed by atoms with Gasteiger partial charge in [-0.2, -0.15) is 0 Å². The summed E-state index contributed by atoms with van der Waals surface area (Å²) in [5, 5.41) is 9.84. The van der Waals surface area contributed by atoms with Crippen LogP contribution in [0.25, 0.3) is 0 Å². The molecule has 51 heavy (non-hydrogen) atoms. The van der Waals surface area contributed by atoms with Gasteiger partial charge >= 0.3 is 5.97 Å². The SMILES string of the molecule is C=C1CC(=O)O1.C=CC(C)(O)CC/C=C(\C)CC/C=C(\C)CCC=C(C)C.CC(=O)CC/C=C(\C)CC/C=C(\C)CC/C=C(\C)CCC=C(C)C. The minimum Gasteiger partial charge on any atom is -0.431 e. The van der Waals surface area contributed by atoms with Crippen LogP contribution in [-0.4, -0.2) is 22.5 Å². The first-order chi connectivity index (χ1) is 23.9. The second-order valence-electron chi connectivity index (χ2n) is 15.0. The average molecular weight is 705 g/mol. The first-order valence-electron chi connectivity index (χ1n) is 19.2. The van der Waals surface area contributed by atoms with E-state index in [1.165, 1.54) is 45.4 Å². The molecule has 1 fully saturated rings. The van der Waals surface area contributed by atoms with Gasteiger partial charge in [0.05, 0.1) is 5.60 Å². The topological polar surface area (TPSA) is 63.6 Å². The van der Waals surface area contributed by atoms with Crippen LogP contribution in [0.5, 0.6) is 0 Å². The molecule has 1 aliphatic heterocycles. The van der Waals surface area contributed by atoms with Gasteiger partial charge in [-0.1, -0.05) is 94.2 Å². The lowest BCUT2D eigenvalue weighted by atomic mass is 9.99. The summed E-state index contributed by atoms with van der Waals surface area (Å²) in [7, 11) is 0. The van der Waals surface area contributed by atoms with Crippen molar-refractivity contribution in [3.63, 3.8) is 0 Å². The van der Waals surface area contributed by atoms with Gasteiger partial charge in [0.2, 0.25) is 0 Å². The molecule has 0 saturated carbocycles. The second kappa shape index (κ2) is 30.4. The highest BCUT2D eigenvalue weighted by Gasteiger charge is 2.17. The molecule has 288 valence electrons. The Morgan fingerprint density at radius 2 is 0.902 bits per heavy atom. The van der Waals surface area contributed by atoms with E-state index < -0.39 is 5.60 Å². The van der Waals surface area contributed by atoms with E-state index in [2.05, 4.69) is 123 Å². The van der Waals surface area contributed by atoms with Crippen molar-refractivity contribution in [3.05, 3.63) is 107 Å². The fraction of sp³-hybridized carbons (Fsp3) is 0.574. The third-order valence-electron chi connectivity index (χ3n) is 8.45. The fourth-order valence-corrected chi connectivity index (χ4v) is 4.87. The van der Waals surface area contributed by atoms with Crippen molar-refractivity contribution in [1.82, 2.24) is 0 Å². The molecule has 1 saturated heterocycles. The zero-order valence-corrected chi connectivity index (χ0v) is 34.8. The number of cyclic esters (lactones) is 1. The predicted molar refractivity (Wildman–Crippen MR) is 224 cm³/mol. The Hall–Kier alpha value is -3.24. The maximum absolute atomic E-state index is 10.9. The third kappa shape index (κ3) is 36.4. The number of carbonyl (C=O) groups excluding carboxylic acids is 2. The normalized spacial score (nSPS) is 14.9. The Morgan fingerprint density at radius 3 is 1.14 bits per heavy atom. The molecule has 4 nitrogen and oxygen atoms in total. The Balaban J connectivity index is 0. The van der Waals surface area contributed by atoms with Crippen LogP contribution in [0.1, 0.15) is 172 Å². The lowest BCUT2D eigenvalue weighted by Crippen LogP contribution is -2.19. The van der Waals surface area contributed by atoms with Gasteiger partial charge in [0.1, 0.15) is 18.0 Å². The van der Waals surface area contributed by atoms with Crippen molar-refractivity contribution in [2.24, 2.45) is 0 Å². The van der Waals surface area contributed by atoms with Gasteiger partial charge in [-0.3, -0.25) is 4.79 Å². The molecule has 1 unspecified atom stereocenters. The van der Waals surface area contributed by atoms with Gasteiger partial charge < -0.3 is 14.6 Å². The molecule has 0 spiro atoms. The van der Waals surface area contributed by atoms with E-state index in [4.69, 9.17) is 0 Å². The lowest BCUT2D eigenvalue weighted by molar-refractivity contribution is -0.148. The number of carbonyl (C=O) groups is 2. The number of hydrogen-bond donors (Lipinski definition) is 1. The van der Waals surface area contributed by atoms with E-state index in [1.54, 1.807) is 13.0 Å². The maximum Gasteiger partial charge on any atom is 0.318 e. The van der Waals surface area contributed by atoms with Crippen LogP contribution in [0, 0.1) is 0 Å². The molecule has 1 atom stereocenters. The zero-order valence-electron chi connectivity index (χ0n) is 34.8.